The molecule has 0 amide bonds. The number of aromatic nitrogens is 1. The molecule has 28 heavy (non-hydrogen) atoms. The first-order valence-corrected chi connectivity index (χ1v) is 8.29. The molecule has 0 saturated carbocycles. The molecule has 3 rings (SSSR count). The van der Waals surface area contributed by atoms with Crippen LogP contribution in [0, 0.1) is 0 Å². The van der Waals surface area contributed by atoms with Crippen molar-refractivity contribution in [2.75, 3.05) is 31.2 Å². The van der Waals surface area contributed by atoms with E-state index < -0.39 is 23.5 Å². The van der Waals surface area contributed by atoms with Crippen LogP contribution in [-0.4, -0.2) is 48.7 Å². The second kappa shape index (κ2) is 7.25. The summed E-state index contributed by atoms with van der Waals surface area (Å²) < 4.78 is 82.9. The molecular formula is C18H16F6N2O2. The van der Waals surface area contributed by atoms with Crippen molar-refractivity contribution in [3.05, 3.63) is 48.2 Å². The lowest BCUT2D eigenvalue weighted by Gasteiger charge is -2.32. The van der Waals surface area contributed by atoms with Gasteiger partial charge in [0.15, 0.2) is 0 Å². The molecule has 4 nitrogen and oxygen atoms in total. The van der Waals surface area contributed by atoms with Gasteiger partial charge in [0, 0.05) is 30.4 Å². The first-order valence-electron chi connectivity index (χ1n) is 8.29. The Balaban J connectivity index is 1.86. The Hall–Kier alpha value is -2.33. The molecule has 2 heterocycles. The highest BCUT2D eigenvalue weighted by molar-refractivity contribution is 5.64. The Kier molecular flexibility index (Phi) is 5.28. The monoisotopic (exact) mass is 406 g/mol. The van der Waals surface area contributed by atoms with E-state index in [1.165, 1.54) is 6.20 Å². The molecule has 0 unspecified atom stereocenters. The highest BCUT2D eigenvalue weighted by atomic mass is 19.4. The van der Waals surface area contributed by atoms with Crippen LogP contribution in [0.4, 0.5) is 32.2 Å². The standard InChI is InChI=1S/C18H16F6N2O2/c19-17(20,21)16(27,18(22,23)24)14-4-1-12(2-5-14)13-3-6-15(25-11-13)26-7-9-28-10-8-26/h1-6,11,27H,7-10H2. The van der Waals surface area contributed by atoms with Crippen molar-refractivity contribution in [3.63, 3.8) is 0 Å². The largest absolute Gasteiger partial charge is 0.430 e. The summed E-state index contributed by atoms with van der Waals surface area (Å²) in [6.07, 6.45) is -10.3. The van der Waals surface area contributed by atoms with Gasteiger partial charge in [-0.2, -0.15) is 26.3 Å². The smallest absolute Gasteiger partial charge is 0.378 e. The highest BCUT2D eigenvalue weighted by Gasteiger charge is 2.71. The number of alkyl halides is 6. The fourth-order valence-electron chi connectivity index (χ4n) is 2.93. The minimum absolute atomic E-state index is 0.372. The quantitative estimate of drug-likeness (QED) is 0.786. The average molecular weight is 406 g/mol. The van der Waals surface area contributed by atoms with Gasteiger partial charge in [-0.05, 0) is 17.7 Å². The highest BCUT2D eigenvalue weighted by Crippen LogP contribution is 2.50. The van der Waals surface area contributed by atoms with Gasteiger partial charge in [-0.25, -0.2) is 4.98 Å². The van der Waals surface area contributed by atoms with Crippen LogP contribution in [0.15, 0.2) is 42.6 Å². The fourth-order valence-corrected chi connectivity index (χ4v) is 2.93. The van der Waals surface area contributed by atoms with E-state index in [2.05, 4.69) is 4.98 Å². The molecule has 1 fully saturated rings. The zero-order chi connectivity index (χ0) is 20.6. The van der Waals surface area contributed by atoms with Crippen molar-refractivity contribution in [2.45, 2.75) is 18.0 Å². The van der Waals surface area contributed by atoms with Crippen molar-refractivity contribution in [3.8, 4) is 11.1 Å². The van der Waals surface area contributed by atoms with Crippen LogP contribution in [0.3, 0.4) is 0 Å². The summed E-state index contributed by atoms with van der Waals surface area (Å²) in [6, 6.07) is 6.80. The molecule has 152 valence electrons. The number of halogens is 6. The minimum Gasteiger partial charge on any atom is -0.378 e. The number of ether oxygens (including phenoxy) is 1. The van der Waals surface area contributed by atoms with Gasteiger partial charge >= 0.3 is 12.4 Å². The molecule has 1 saturated heterocycles. The molecule has 0 aliphatic carbocycles. The number of rotatable bonds is 3. The summed E-state index contributed by atoms with van der Waals surface area (Å²) >= 11 is 0. The maximum absolute atomic E-state index is 12.9. The SMILES string of the molecule is OC(c1ccc(-c2ccc(N3CCOCC3)nc2)cc1)(C(F)(F)F)C(F)(F)F. The van der Waals surface area contributed by atoms with Crippen molar-refractivity contribution in [2.24, 2.45) is 0 Å². The second-order valence-electron chi connectivity index (χ2n) is 6.29. The van der Waals surface area contributed by atoms with Crippen LogP contribution in [-0.2, 0) is 10.3 Å². The van der Waals surface area contributed by atoms with Crippen LogP contribution in [0.25, 0.3) is 11.1 Å². The van der Waals surface area contributed by atoms with E-state index in [9.17, 15) is 31.4 Å². The summed E-state index contributed by atoms with van der Waals surface area (Å²) in [5, 5.41) is 9.42. The van der Waals surface area contributed by atoms with Crippen molar-refractivity contribution >= 4 is 5.82 Å². The lowest BCUT2D eigenvalue weighted by Crippen LogP contribution is -2.53. The molecule has 1 N–H and O–H groups in total. The molecule has 2 aromatic rings. The summed E-state index contributed by atoms with van der Waals surface area (Å²) in [6.45, 7) is 2.50. The summed E-state index contributed by atoms with van der Waals surface area (Å²) in [7, 11) is 0. The lowest BCUT2D eigenvalue weighted by molar-refractivity contribution is -0.376. The van der Waals surface area contributed by atoms with Crippen LogP contribution >= 0.6 is 0 Å². The zero-order valence-corrected chi connectivity index (χ0v) is 14.4. The molecule has 0 bridgehead atoms. The van der Waals surface area contributed by atoms with Gasteiger partial charge in [-0.15, -0.1) is 0 Å². The van der Waals surface area contributed by atoms with Crippen molar-refractivity contribution in [1.29, 1.82) is 0 Å². The maximum atomic E-state index is 12.9. The van der Waals surface area contributed by atoms with E-state index in [-0.39, 0.29) is 0 Å². The Morgan fingerprint density at radius 3 is 1.82 bits per heavy atom. The Morgan fingerprint density at radius 2 is 1.36 bits per heavy atom. The van der Waals surface area contributed by atoms with Crippen LogP contribution in [0.5, 0.6) is 0 Å². The fraction of sp³-hybridized carbons (Fsp3) is 0.389. The third kappa shape index (κ3) is 3.66. The van der Waals surface area contributed by atoms with Crippen molar-refractivity contribution < 1.29 is 36.2 Å². The first-order chi connectivity index (χ1) is 13.0. The predicted octanol–water partition coefficient (Wildman–Crippen LogP) is 3.90. The zero-order valence-electron chi connectivity index (χ0n) is 14.4. The molecule has 0 radical (unpaired) electrons. The van der Waals surface area contributed by atoms with Gasteiger partial charge < -0.3 is 14.7 Å². The normalized spacial score (nSPS) is 16.3. The van der Waals surface area contributed by atoms with Crippen LogP contribution < -0.4 is 4.90 Å². The number of pyridine rings is 1. The van der Waals surface area contributed by atoms with Crippen LogP contribution in [0.2, 0.25) is 0 Å². The first kappa shape index (κ1) is 20.4. The van der Waals surface area contributed by atoms with Gasteiger partial charge in [0.25, 0.3) is 5.60 Å². The number of benzene rings is 1. The number of nitrogens with zero attached hydrogens (tertiary/aromatic N) is 2. The van der Waals surface area contributed by atoms with E-state index in [1.807, 2.05) is 4.90 Å². The Bertz CT molecular complexity index is 783. The number of hydrogen-bond donors (Lipinski definition) is 1. The Morgan fingerprint density at radius 1 is 0.821 bits per heavy atom. The minimum atomic E-state index is -5.91. The van der Waals surface area contributed by atoms with Gasteiger partial charge in [0.1, 0.15) is 5.82 Å². The average Bonchev–Trinajstić information content (AvgIpc) is 2.66. The maximum Gasteiger partial charge on any atom is 0.430 e. The Labute approximate surface area is 156 Å². The molecule has 0 atom stereocenters. The van der Waals surface area contributed by atoms with E-state index in [4.69, 9.17) is 4.74 Å². The molecule has 0 spiro atoms. The molecule has 10 heteroatoms. The number of anilines is 1. The van der Waals surface area contributed by atoms with Gasteiger partial charge in [-0.1, -0.05) is 24.3 Å². The third-order valence-corrected chi connectivity index (χ3v) is 4.54. The van der Waals surface area contributed by atoms with E-state index in [1.54, 1.807) is 12.1 Å². The van der Waals surface area contributed by atoms with E-state index >= 15 is 0 Å². The number of aliphatic hydroxyl groups is 1. The number of hydrogen-bond acceptors (Lipinski definition) is 4. The summed E-state index contributed by atoms with van der Waals surface area (Å²) in [5.74, 6) is 0.701. The van der Waals surface area contributed by atoms with Crippen LogP contribution in [0.1, 0.15) is 5.56 Å². The van der Waals surface area contributed by atoms with Gasteiger partial charge in [-0.3, -0.25) is 0 Å². The molecule has 1 aromatic carbocycles. The van der Waals surface area contributed by atoms with Crippen molar-refractivity contribution in [1.82, 2.24) is 4.98 Å². The molecule has 1 aliphatic rings. The third-order valence-electron chi connectivity index (χ3n) is 4.54. The molecule has 1 aromatic heterocycles. The summed E-state index contributed by atoms with van der Waals surface area (Å²) in [4.78, 5) is 6.29. The molecule has 1 aliphatic heterocycles. The van der Waals surface area contributed by atoms with Gasteiger partial charge in [0.2, 0.25) is 0 Å². The van der Waals surface area contributed by atoms with E-state index in [0.29, 0.717) is 55.4 Å². The summed E-state index contributed by atoms with van der Waals surface area (Å²) in [5.41, 5.74) is -5.34. The second-order valence-corrected chi connectivity index (χ2v) is 6.29. The predicted molar refractivity (Wildman–Crippen MR) is 88.7 cm³/mol. The lowest BCUT2D eigenvalue weighted by atomic mass is 9.91. The topological polar surface area (TPSA) is 45.6 Å². The van der Waals surface area contributed by atoms with Gasteiger partial charge in [0.05, 0.1) is 13.2 Å². The number of morpholine rings is 1. The molecular weight excluding hydrogens is 390 g/mol. The van der Waals surface area contributed by atoms with E-state index in [0.717, 1.165) is 12.1 Å².